The molecule has 2 rings (SSSR count). The van der Waals surface area contributed by atoms with Crippen LogP contribution in [0.2, 0.25) is 0 Å². The van der Waals surface area contributed by atoms with Crippen LogP contribution in [0.15, 0.2) is 60.5 Å². The maximum absolute atomic E-state index is 12.6. The minimum atomic E-state index is -4.35. The van der Waals surface area contributed by atoms with Gasteiger partial charge >= 0.3 is 12.1 Å². The van der Waals surface area contributed by atoms with E-state index in [1.54, 1.807) is 36.3 Å². The molecule has 122 valence electrons. The average molecular weight is 323 g/mol. The van der Waals surface area contributed by atoms with E-state index in [1.807, 2.05) is 0 Å². The predicted octanol–water partition coefficient (Wildman–Crippen LogP) is 4.04. The molecule has 1 aromatic rings. The van der Waals surface area contributed by atoms with E-state index in [-0.39, 0.29) is 6.61 Å². The van der Waals surface area contributed by atoms with Gasteiger partial charge in [-0.05, 0) is 36.8 Å². The van der Waals surface area contributed by atoms with Crippen LogP contribution in [-0.2, 0) is 22.3 Å². The quantitative estimate of drug-likeness (QED) is 0.619. The van der Waals surface area contributed by atoms with Gasteiger partial charge in [-0.3, -0.25) is 0 Å². The molecule has 1 aromatic carbocycles. The number of allylic oxidation sites excluding steroid dienone is 3. The third-order valence-corrected chi connectivity index (χ3v) is 3.16. The lowest BCUT2D eigenvalue weighted by Gasteiger charge is -2.23. The summed E-state index contributed by atoms with van der Waals surface area (Å²) in [6.07, 6.45) is 4.06. The Balaban J connectivity index is 2.12. The zero-order valence-electron chi connectivity index (χ0n) is 12.5. The lowest BCUT2D eigenvalue weighted by atomic mass is 10.1. The molecule has 1 aliphatic rings. The van der Waals surface area contributed by atoms with Crippen molar-refractivity contribution in [1.29, 1.82) is 0 Å². The zero-order chi connectivity index (χ0) is 16.9. The van der Waals surface area contributed by atoms with Crippen LogP contribution in [-0.4, -0.2) is 17.5 Å². The molecule has 3 nitrogen and oxygen atoms in total. The van der Waals surface area contributed by atoms with Crippen LogP contribution in [0.25, 0.3) is 0 Å². The molecule has 0 atom stereocenters. The number of alkyl halides is 3. The molecule has 1 aliphatic heterocycles. The Morgan fingerprint density at radius 2 is 1.91 bits per heavy atom. The van der Waals surface area contributed by atoms with Crippen LogP contribution >= 0.6 is 0 Å². The minimum absolute atomic E-state index is 0.279. The third kappa shape index (κ3) is 4.74. The second-order valence-electron chi connectivity index (χ2n) is 4.84. The highest BCUT2D eigenvalue weighted by Gasteiger charge is 2.29. The van der Waals surface area contributed by atoms with E-state index in [9.17, 15) is 18.0 Å². The van der Waals surface area contributed by atoms with Crippen LogP contribution in [0.3, 0.4) is 0 Å². The van der Waals surface area contributed by atoms with Crippen LogP contribution < -0.4 is 0 Å². The molecule has 0 radical (unpaired) electrons. The summed E-state index contributed by atoms with van der Waals surface area (Å²) in [5, 5.41) is 0. The van der Waals surface area contributed by atoms with Gasteiger partial charge in [0, 0.05) is 24.5 Å². The molecular weight excluding hydrogens is 307 g/mol. The van der Waals surface area contributed by atoms with Crippen LogP contribution in [0.4, 0.5) is 13.2 Å². The second kappa shape index (κ2) is 7.17. The number of ether oxygens (including phenoxy) is 1. The molecule has 0 bridgehead atoms. The fourth-order valence-corrected chi connectivity index (χ4v) is 2.07. The molecule has 23 heavy (non-hydrogen) atoms. The van der Waals surface area contributed by atoms with Crippen molar-refractivity contribution in [3.8, 4) is 0 Å². The Morgan fingerprint density at radius 1 is 1.22 bits per heavy atom. The summed E-state index contributed by atoms with van der Waals surface area (Å²) in [6, 6.07) is 4.95. The summed E-state index contributed by atoms with van der Waals surface area (Å²) in [7, 11) is 0. The number of nitrogens with zero attached hydrogens (tertiary/aromatic N) is 1. The second-order valence-corrected chi connectivity index (χ2v) is 4.84. The first-order valence-corrected chi connectivity index (χ1v) is 7.06. The van der Waals surface area contributed by atoms with Crippen molar-refractivity contribution in [3.05, 3.63) is 71.6 Å². The van der Waals surface area contributed by atoms with E-state index in [4.69, 9.17) is 4.74 Å². The molecule has 0 unspecified atom stereocenters. The summed E-state index contributed by atoms with van der Waals surface area (Å²) in [6.45, 7) is 2.35. The highest BCUT2D eigenvalue weighted by Crippen LogP contribution is 2.29. The number of esters is 1. The van der Waals surface area contributed by atoms with Gasteiger partial charge in [0.25, 0.3) is 0 Å². The Hall–Kier alpha value is -2.50. The number of hydrogen-bond acceptors (Lipinski definition) is 3. The van der Waals surface area contributed by atoms with Crippen LogP contribution in [0.1, 0.15) is 18.1 Å². The fraction of sp³-hybridized carbons (Fsp3) is 0.235. The van der Waals surface area contributed by atoms with E-state index in [1.165, 1.54) is 18.2 Å². The number of hydrogen-bond donors (Lipinski definition) is 0. The Bertz CT molecular complexity index is 643. The molecule has 6 heteroatoms. The number of carbonyl (C=O) groups is 1. The highest BCUT2D eigenvalue weighted by atomic mass is 19.4. The van der Waals surface area contributed by atoms with Crippen molar-refractivity contribution in [1.82, 2.24) is 4.90 Å². The smallest absolute Gasteiger partial charge is 0.416 e. The lowest BCUT2D eigenvalue weighted by Crippen LogP contribution is -2.18. The molecule has 0 N–H and O–H groups in total. The maximum atomic E-state index is 12.6. The molecule has 0 saturated heterocycles. The van der Waals surface area contributed by atoms with Crippen LogP contribution in [0, 0.1) is 0 Å². The van der Waals surface area contributed by atoms with E-state index >= 15 is 0 Å². The van der Waals surface area contributed by atoms with Crippen molar-refractivity contribution in [2.45, 2.75) is 19.6 Å². The first-order chi connectivity index (χ1) is 10.9. The molecule has 0 aliphatic carbocycles. The molecule has 0 fully saturated rings. The molecular formula is C17H16F3NO2. The van der Waals surface area contributed by atoms with E-state index in [0.717, 1.165) is 12.1 Å². The maximum Gasteiger partial charge on any atom is 0.416 e. The average Bonchev–Trinajstić information content (AvgIpc) is 2.49. The molecule has 0 saturated carbocycles. The van der Waals surface area contributed by atoms with Gasteiger partial charge in [-0.2, -0.15) is 13.2 Å². The predicted molar refractivity (Wildman–Crippen MR) is 80.0 cm³/mol. The molecule has 0 spiro atoms. The zero-order valence-corrected chi connectivity index (χ0v) is 12.5. The van der Waals surface area contributed by atoms with Crippen molar-refractivity contribution < 1.29 is 22.7 Å². The lowest BCUT2D eigenvalue weighted by molar-refractivity contribution is -0.138. The SMILES string of the molecule is CCOC(=O)C=C1C=CC=CN1Cc1ccc(C(F)(F)F)cc1. The van der Waals surface area contributed by atoms with Crippen molar-refractivity contribution in [3.63, 3.8) is 0 Å². The minimum Gasteiger partial charge on any atom is -0.463 e. The number of halogens is 3. The first-order valence-electron chi connectivity index (χ1n) is 7.06. The Morgan fingerprint density at radius 3 is 2.52 bits per heavy atom. The summed E-state index contributed by atoms with van der Waals surface area (Å²) in [5.74, 6) is -0.458. The van der Waals surface area contributed by atoms with Crippen LogP contribution in [0.5, 0.6) is 0 Å². The summed E-state index contributed by atoms with van der Waals surface area (Å²) in [5.41, 5.74) is 0.635. The summed E-state index contributed by atoms with van der Waals surface area (Å²) >= 11 is 0. The van der Waals surface area contributed by atoms with Gasteiger partial charge in [0.1, 0.15) is 0 Å². The topological polar surface area (TPSA) is 29.5 Å². The van der Waals surface area contributed by atoms with E-state index in [2.05, 4.69) is 0 Å². The molecule has 0 aromatic heterocycles. The van der Waals surface area contributed by atoms with Crippen molar-refractivity contribution in [2.24, 2.45) is 0 Å². The van der Waals surface area contributed by atoms with Gasteiger partial charge < -0.3 is 9.64 Å². The van der Waals surface area contributed by atoms with Gasteiger partial charge in [-0.25, -0.2) is 4.79 Å². The number of benzene rings is 1. The fourth-order valence-electron chi connectivity index (χ4n) is 2.07. The summed E-state index contributed by atoms with van der Waals surface area (Å²) < 4.78 is 42.6. The number of rotatable bonds is 4. The normalized spacial score (nSPS) is 16.0. The molecule has 1 heterocycles. The Labute approximate surface area is 132 Å². The first kappa shape index (κ1) is 16.9. The largest absolute Gasteiger partial charge is 0.463 e. The molecule has 0 amide bonds. The third-order valence-electron chi connectivity index (χ3n) is 3.16. The van der Waals surface area contributed by atoms with Gasteiger partial charge in [0.05, 0.1) is 12.2 Å². The number of carbonyl (C=O) groups excluding carboxylic acids is 1. The van der Waals surface area contributed by atoms with Gasteiger partial charge in [-0.1, -0.05) is 18.2 Å². The Kier molecular flexibility index (Phi) is 5.26. The van der Waals surface area contributed by atoms with Crippen molar-refractivity contribution >= 4 is 5.97 Å². The van der Waals surface area contributed by atoms with Crippen molar-refractivity contribution in [2.75, 3.05) is 6.61 Å². The van der Waals surface area contributed by atoms with Gasteiger partial charge in [-0.15, -0.1) is 0 Å². The van der Waals surface area contributed by atoms with E-state index < -0.39 is 17.7 Å². The standard InChI is InChI=1S/C17H16F3NO2/c1-2-23-16(22)11-15-5-3-4-10-21(15)12-13-6-8-14(9-7-13)17(18,19)20/h3-11H,2,12H2,1H3. The van der Waals surface area contributed by atoms with E-state index in [0.29, 0.717) is 17.8 Å². The highest BCUT2D eigenvalue weighted by molar-refractivity contribution is 5.83. The van der Waals surface area contributed by atoms with Gasteiger partial charge in [0.2, 0.25) is 0 Å². The monoisotopic (exact) mass is 323 g/mol. The van der Waals surface area contributed by atoms with Gasteiger partial charge in [0.15, 0.2) is 0 Å². The summed E-state index contributed by atoms with van der Waals surface area (Å²) in [4.78, 5) is 13.3.